The Morgan fingerprint density at radius 3 is 2.62 bits per heavy atom. The maximum atomic E-state index is 13.7. The first kappa shape index (κ1) is 14.9. The number of aromatic nitrogens is 2. The molecular weight excluding hydrogens is 301 g/mol. The number of hydrogen-bond acceptors (Lipinski definition) is 4. The summed E-state index contributed by atoms with van der Waals surface area (Å²) in [6.45, 7) is 0. The molecule has 0 saturated heterocycles. The van der Waals surface area contributed by atoms with Crippen molar-refractivity contribution in [1.82, 2.24) is 9.97 Å². The highest BCUT2D eigenvalue weighted by Crippen LogP contribution is 2.20. The van der Waals surface area contributed by atoms with Gasteiger partial charge in [0.15, 0.2) is 0 Å². The zero-order chi connectivity index (χ0) is 15.4. The molecule has 0 spiro atoms. The summed E-state index contributed by atoms with van der Waals surface area (Å²) >= 11 is 5.59. The van der Waals surface area contributed by atoms with Gasteiger partial charge in [-0.05, 0) is 29.8 Å². The fraction of sp³-hybridized carbons (Fsp3) is 0.0769. The maximum Gasteiger partial charge on any atom is 0.418 e. The van der Waals surface area contributed by atoms with E-state index in [-0.39, 0.29) is 23.1 Å². The van der Waals surface area contributed by atoms with Gasteiger partial charge in [0.25, 0.3) is 0 Å². The van der Waals surface area contributed by atoms with Gasteiger partial charge in [-0.2, -0.15) is 0 Å². The Labute approximate surface area is 123 Å². The van der Waals surface area contributed by atoms with Crippen molar-refractivity contribution in [2.75, 3.05) is 4.90 Å². The summed E-state index contributed by atoms with van der Waals surface area (Å²) in [5.74, 6) is -1.66. The number of benzene rings is 1. The van der Waals surface area contributed by atoms with Crippen LogP contribution in [-0.2, 0) is 11.2 Å². The van der Waals surface area contributed by atoms with Crippen LogP contribution in [0.2, 0.25) is 5.28 Å². The number of amides is 2. The molecule has 0 radical (unpaired) electrons. The molecule has 0 fully saturated rings. The zero-order valence-corrected chi connectivity index (χ0v) is 11.3. The van der Waals surface area contributed by atoms with E-state index in [9.17, 15) is 14.0 Å². The highest BCUT2D eigenvalue weighted by molar-refractivity contribution is 6.28. The molecule has 108 valence electrons. The largest absolute Gasteiger partial charge is 0.464 e. The van der Waals surface area contributed by atoms with Gasteiger partial charge in [0.1, 0.15) is 5.82 Å². The van der Waals surface area contributed by atoms with Crippen LogP contribution in [0.15, 0.2) is 36.5 Å². The third-order valence-electron chi connectivity index (χ3n) is 2.55. The van der Waals surface area contributed by atoms with E-state index in [4.69, 9.17) is 16.7 Å². The van der Waals surface area contributed by atoms with Gasteiger partial charge in [-0.15, -0.1) is 0 Å². The van der Waals surface area contributed by atoms with Crippen molar-refractivity contribution in [3.8, 4) is 0 Å². The summed E-state index contributed by atoms with van der Waals surface area (Å²) < 4.78 is 13.7. The SMILES string of the molecule is O=C(O)N(C(=O)Cc1ccnc(Cl)n1)c1ccccc1F. The topological polar surface area (TPSA) is 83.4 Å². The van der Waals surface area contributed by atoms with Gasteiger partial charge >= 0.3 is 6.09 Å². The van der Waals surface area contributed by atoms with E-state index < -0.39 is 17.8 Å². The van der Waals surface area contributed by atoms with Crippen LogP contribution >= 0.6 is 11.6 Å². The predicted molar refractivity (Wildman–Crippen MR) is 72.7 cm³/mol. The van der Waals surface area contributed by atoms with E-state index in [0.717, 1.165) is 6.07 Å². The van der Waals surface area contributed by atoms with Crippen molar-refractivity contribution in [2.24, 2.45) is 0 Å². The molecule has 0 unspecified atom stereocenters. The van der Waals surface area contributed by atoms with E-state index in [1.54, 1.807) is 0 Å². The van der Waals surface area contributed by atoms with Crippen LogP contribution < -0.4 is 4.90 Å². The Bertz CT molecular complexity index is 696. The summed E-state index contributed by atoms with van der Waals surface area (Å²) in [4.78, 5) is 31.1. The second-order valence-electron chi connectivity index (χ2n) is 3.96. The quantitative estimate of drug-likeness (QED) is 0.881. The maximum absolute atomic E-state index is 13.7. The highest BCUT2D eigenvalue weighted by Gasteiger charge is 2.25. The number of imide groups is 1. The van der Waals surface area contributed by atoms with E-state index >= 15 is 0 Å². The molecule has 8 heteroatoms. The van der Waals surface area contributed by atoms with Crippen LogP contribution in [0, 0.1) is 5.82 Å². The lowest BCUT2D eigenvalue weighted by Crippen LogP contribution is -2.37. The molecule has 0 saturated carbocycles. The lowest BCUT2D eigenvalue weighted by molar-refractivity contribution is -0.117. The second-order valence-corrected chi connectivity index (χ2v) is 4.29. The van der Waals surface area contributed by atoms with Crippen LogP contribution in [0.1, 0.15) is 5.69 Å². The molecule has 2 aromatic rings. The van der Waals surface area contributed by atoms with Crippen molar-refractivity contribution in [3.63, 3.8) is 0 Å². The molecule has 0 aliphatic carbocycles. The third-order valence-corrected chi connectivity index (χ3v) is 2.73. The number of anilines is 1. The molecule has 0 aliphatic heterocycles. The van der Waals surface area contributed by atoms with Gasteiger partial charge in [-0.3, -0.25) is 4.79 Å². The predicted octanol–water partition coefficient (Wildman–Crippen LogP) is 2.52. The van der Waals surface area contributed by atoms with E-state index in [0.29, 0.717) is 4.90 Å². The van der Waals surface area contributed by atoms with E-state index in [1.165, 1.54) is 30.5 Å². The smallest absolute Gasteiger partial charge is 0.418 e. The zero-order valence-electron chi connectivity index (χ0n) is 10.5. The fourth-order valence-corrected chi connectivity index (χ4v) is 1.84. The minimum Gasteiger partial charge on any atom is -0.464 e. The number of halogens is 2. The summed E-state index contributed by atoms with van der Waals surface area (Å²) in [7, 11) is 0. The Hall–Kier alpha value is -2.54. The summed E-state index contributed by atoms with van der Waals surface area (Å²) in [5, 5.41) is 9.07. The van der Waals surface area contributed by atoms with Crippen molar-refractivity contribution in [2.45, 2.75) is 6.42 Å². The molecule has 21 heavy (non-hydrogen) atoms. The van der Waals surface area contributed by atoms with Crippen molar-refractivity contribution >= 4 is 29.3 Å². The van der Waals surface area contributed by atoms with Crippen LogP contribution in [0.3, 0.4) is 0 Å². The van der Waals surface area contributed by atoms with Crippen LogP contribution in [-0.4, -0.2) is 27.1 Å². The fourth-order valence-electron chi connectivity index (χ4n) is 1.68. The van der Waals surface area contributed by atoms with Gasteiger partial charge in [0.2, 0.25) is 11.2 Å². The van der Waals surface area contributed by atoms with Gasteiger partial charge in [0.05, 0.1) is 17.8 Å². The van der Waals surface area contributed by atoms with Crippen LogP contribution in [0.4, 0.5) is 14.9 Å². The van der Waals surface area contributed by atoms with Gasteiger partial charge in [-0.1, -0.05) is 12.1 Å². The van der Waals surface area contributed by atoms with Gasteiger partial charge in [0, 0.05) is 6.20 Å². The van der Waals surface area contributed by atoms with E-state index in [1.807, 2.05) is 0 Å². The van der Waals surface area contributed by atoms with Gasteiger partial charge in [-0.25, -0.2) is 24.1 Å². The number of carbonyl (C=O) groups excluding carboxylic acids is 1. The number of nitrogens with zero attached hydrogens (tertiary/aromatic N) is 3. The van der Waals surface area contributed by atoms with Gasteiger partial charge < -0.3 is 5.11 Å². The first-order chi connectivity index (χ1) is 9.99. The van der Waals surface area contributed by atoms with Crippen molar-refractivity contribution < 1.29 is 19.1 Å². The average molecular weight is 310 g/mol. The summed E-state index contributed by atoms with van der Waals surface area (Å²) in [6, 6.07) is 6.52. The first-order valence-electron chi connectivity index (χ1n) is 5.77. The number of para-hydroxylation sites is 1. The minimum atomic E-state index is -1.58. The molecule has 2 rings (SSSR count). The number of hydrogen-bond donors (Lipinski definition) is 1. The number of carboxylic acid groups (broad SMARTS) is 1. The molecule has 2 amide bonds. The number of carbonyl (C=O) groups is 2. The molecule has 0 atom stereocenters. The second kappa shape index (κ2) is 6.27. The van der Waals surface area contributed by atoms with Crippen LogP contribution in [0.5, 0.6) is 0 Å². The molecule has 1 N–H and O–H groups in total. The normalized spacial score (nSPS) is 10.2. The Kier molecular flexibility index (Phi) is 4.44. The minimum absolute atomic E-state index is 0.0620. The van der Waals surface area contributed by atoms with Crippen LogP contribution in [0.25, 0.3) is 0 Å². The molecule has 1 heterocycles. The molecule has 1 aromatic heterocycles. The monoisotopic (exact) mass is 309 g/mol. The molecule has 1 aromatic carbocycles. The van der Waals surface area contributed by atoms with E-state index in [2.05, 4.69) is 9.97 Å². The molecular formula is C13H9ClFN3O3. The Balaban J connectivity index is 2.29. The highest BCUT2D eigenvalue weighted by atomic mass is 35.5. The Morgan fingerprint density at radius 1 is 1.29 bits per heavy atom. The first-order valence-corrected chi connectivity index (χ1v) is 6.14. The average Bonchev–Trinajstić information content (AvgIpc) is 2.41. The lowest BCUT2D eigenvalue weighted by atomic mass is 10.2. The summed E-state index contributed by atoms with van der Waals surface area (Å²) in [6.07, 6.45) is -0.583. The molecule has 6 nitrogen and oxygen atoms in total. The lowest BCUT2D eigenvalue weighted by Gasteiger charge is -2.17. The Morgan fingerprint density at radius 2 is 2.00 bits per heavy atom. The third kappa shape index (κ3) is 3.51. The summed E-state index contributed by atoms with van der Waals surface area (Å²) in [5.41, 5.74) is -0.0993. The molecule has 0 aliphatic rings. The molecule has 0 bridgehead atoms. The van der Waals surface area contributed by atoms with Crippen molar-refractivity contribution in [3.05, 3.63) is 53.3 Å². The van der Waals surface area contributed by atoms with Crippen molar-refractivity contribution in [1.29, 1.82) is 0 Å². The number of rotatable bonds is 3. The standard InChI is InChI=1S/C13H9ClFN3O3/c14-12-16-6-5-8(17-12)7-11(19)18(13(20)21)10-4-2-1-3-9(10)15/h1-6H,7H2,(H,20,21).